The minimum Gasteiger partial charge on any atom is -0.302 e. The van der Waals surface area contributed by atoms with E-state index in [9.17, 15) is 9.18 Å². The Kier molecular flexibility index (Phi) is 1.87. The number of aldehydes is 1. The average molecular weight is 214 g/mol. The van der Waals surface area contributed by atoms with E-state index in [0.717, 1.165) is 35.5 Å². The van der Waals surface area contributed by atoms with Gasteiger partial charge in [-0.1, -0.05) is 24.3 Å². The van der Waals surface area contributed by atoms with Crippen LogP contribution >= 0.6 is 0 Å². The number of fused-ring (bicyclic) bond motifs is 1. The number of halogens is 1. The molecule has 0 atom stereocenters. The second-order valence-electron chi connectivity index (χ2n) is 4.48. The smallest absolute Gasteiger partial charge is 0.130 e. The number of hydrogen-bond acceptors (Lipinski definition) is 1. The minimum absolute atomic E-state index is 0.225. The highest BCUT2D eigenvalue weighted by Crippen LogP contribution is 2.46. The molecule has 1 aliphatic rings. The van der Waals surface area contributed by atoms with Gasteiger partial charge in [-0.25, -0.2) is 4.39 Å². The van der Waals surface area contributed by atoms with Crippen LogP contribution in [0.5, 0.6) is 0 Å². The van der Waals surface area contributed by atoms with Crippen molar-refractivity contribution in [1.29, 1.82) is 0 Å². The van der Waals surface area contributed by atoms with Gasteiger partial charge in [0.05, 0.1) is 5.41 Å². The Balaban J connectivity index is 2.16. The first kappa shape index (κ1) is 9.52. The SMILES string of the molecule is O=CC1(c2ccc3cc(F)ccc3c2)CC1. The quantitative estimate of drug-likeness (QED) is 0.701. The molecule has 0 N–H and O–H groups in total. The highest BCUT2D eigenvalue weighted by atomic mass is 19.1. The van der Waals surface area contributed by atoms with E-state index in [1.54, 1.807) is 6.07 Å². The van der Waals surface area contributed by atoms with Gasteiger partial charge in [0.1, 0.15) is 12.1 Å². The van der Waals surface area contributed by atoms with Crippen molar-refractivity contribution in [3.63, 3.8) is 0 Å². The predicted molar refractivity (Wildman–Crippen MR) is 60.9 cm³/mol. The predicted octanol–water partition coefficient (Wildman–Crippen LogP) is 3.21. The third-order valence-corrected chi connectivity index (χ3v) is 3.39. The Labute approximate surface area is 92.9 Å². The van der Waals surface area contributed by atoms with Crippen molar-refractivity contribution in [2.24, 2.45) is 0 Å². The summed E-state index contributed by atoms with van der Waals surface area (Å²) in [5, 5.41) is 1.87. The first-order valence-electron chi connectivity index (χ1n) is 5.40. The van der Waals surface area contributed by atoms with E-state index < -0.39 is 0 Å². The highest BCUT2D eigenvalue weighted by molar-refractivity contribution is 5.85. The number of benzene rings is 2. The molecular formula is C14H11FO. The fourth-order valence-corrected chi connectivity index (χ4v) is 2.14. The summed E-state index contributed by atoms with van der Waals surface area (Å²) in [5.41, 5.74) is 0.810. The molecule has 0 amide bonds. The van der Waals surface area contributed by atoms with Crippen LogP contribution in [-0.2, 0) is 10.2 Å². The van der Waals surface area contributed by atoms with Gasteiger partial charge in [-0.3, -0.25) is 0 Å². The van der Waals surface area contributed by atoms with Crippen molar-refractivity contribution in [3.05, 3.63) is 47.8 Å². The fraction of sp³-hybridized carbons (Fsp3) is 0.214. The van der Waals surface area contributed by atoms with Crippen LogP contribution in [-0.4, -0.2) is 6.29 Å². The van der Waals surface area contributed by atoms with Crippen LogP contribution in [0.4, 0.5) is 4.39 Å². The Morgan fingerprint density at radius 2 is 1.75 bits per heavy atom. The molecule has 0 aromatic heterocycles. The Morgan fingerprint density at radius 3 is 2.44 bits per heavy atom. The largest absolute Gasteiger partial charge is 0.302 e. The van der Waals surface area contributed by atoms with Gasteiger partial charge < -0.3 is 4.79 Å². The molecule has 1 fully saturated rings. The second kappa shape index (κ2) is 3.14. The molecule has 2 aromatic carbocycles. The lowest BCUT2D eigenvalue weighted by Gasteiger charge is -2.08. The summed E-state index contributed by atoms with van der Waals surface area (Å²) in [6, 6.07) is 10.5. The Bertz CT molecular complexity index is 570. The molecular weight excluding hydrogens is 203 g/mol. The van der Waals surface area contributed by atoms with Gasteiger partial charge in [-0.15, -0.1) is 0 Å². The summed E-state index contributed by atoms with van der Waals surface area (Å²) in [4.78, 5) is 11.0. The zero-order valence-electron chi connectivity index (χ0n) is 8.74. The summed E-state index contributed by atoms with van der Waals surface area (Å²) in [7, 11) is 0. The lowest BCUT2D eigenvalue weighted by Crippen LogP contribution is -2.07. The molecule has 3 rings (SSSR count). The fourth-order valence-electron chi connectivity index (χ4n) is 2.14. The first-order chi connectivity index (χ1) is 7.73. The van der Waals surface area contributed by atoms with Crippen molar-refractivity contribution < 1.29 is 9.18 Å². The standard InChI is InChI=1S/C14H11FO/c15-13-4-2-10-7-12(3-1-11(10)8-13)14(9-16)5-6-14/h1-4,7-9H,5-6H2. The van der Waals surface area contributed by atoms with Gasteiger partial charge in [0, 0.05) is 0 Å². The van der Waals surface area contributed by atoms with Gasteiger partial charge in [-0.05, 0) is 41.3 Å². The summed E-state index contributed by atoms with van der Waals surface area (Å²) < 4.78 is 13.0. The summed E-state index contributed by atoms with van der Waals surface area (Å²) in [6.45, 7) is 0. The molecule has 1 aliphatic carbocycles. The van der Waals surface area contributed by atoms with Crippen molar-refractivity contribution in [2.75, 3.05) is 0 Å². The Hall–Kier alpha value is -1.70. The maximum absolute atomic E-state index is 13.0. The first-order valence-corrected chi connectivity index (χ1v) is 5.40. The maximum Gasteiger partial charge on any atom is 0.130 e. The van der Waals surface area contributed by atoms with Crippen molar-refractivity contribution in [3.8, 4) is 0 Å². The normalized spacial score (nSPS) is 17.3. The molecule has 2 aromatic rings. The number of rotatable bonds is 2. The molecule has 0 unspecified atom stereocenters. The molecule has 0 saturated heterocycles. The maximum atomic E-state index is 13.0. The van der Waals surface area contributed by atoms with Crippen LogP contribution < -0.4 is 0 Å². The van der Waals surface area contributed by atoms with E-state index in [0.29, 0.717) is 0 Å². The average Bonchev–Trinajstić information content (AvgIpc) is 3.09. The van der Waals surface area contributed by atoms with Crippen LogP contribution in [0.25, 0.3) is 10.8 Å². The van der Waals surface area contributed by atoms with E-state index in [4.69, 9.17) is 0 Å². The highest BCUT2D eigenvalue weighted by Gasteiger charge is 2.44. The summed E-state index contributed by atoms with van der Waals surface area (Å²) in [6.07, 6.45) is 2.91. The molecule has 1 nitrogen and oxygen atoms in total. The van der Waals surface area contributed by atoms with Crippen molar-refractivity contribution in [1.82, 2.24) is 0 Å². The number of carbonyl (C=O) groups is 1. The number of hydrogen-bond donors (Lipinski definition) is 0. The summed E-state index contributed by atoms with van der Waals surface area (Å²) >= 11 is 0. The van der Waals surface area contributed by atoms with E-state index in [1.807, 2.05) is 18.2 Å². The van der Waals surface area contributed by atoms with Crippen molar-refractivity contribution in [2.45, 2.75) is 18.3 Å². The molecule has 0 heterocycles. The van der Waals surface area contributed by atoms with Crippen LogP contribution in [0, 0.1) is 5.82 Å². The second-order valence-corrected chi connectivity index (χ2v) is 4.48. The van der Waals surface area contributed by atoms with Gasteiger partial charge in [0.25, 0.3) is 0 Å². The molecule has 16 heavy (non-hydrogen) atoms. The van der Waals surface area contributed by atoms with E-state index in [2.05, 4.69) is 0 Å². The third kappa shape index (κ3) is 1.33. The Morgan fingerprint density at radius 1 is 1.06 bits per heavy atom. The van der Waals surface area contributed by atoms with Crippen LogP contribution in [0.1, 0.15) is 18.4 Å². The van der Waals surface area contributed by atoms with Gasteiger partial charge in [0.15, 0.2) is 0 Å². The molecule has 0 bridgehead atoms. The molecule has 0 radical (unpaired) electrons. The van der Waals surface area contributed by atoms with E-state index in [-0.39, 0.29) is 11.2 Å². The van der Waals surface area contributed by atoms with Gasteiger partial charge in [0.2, 0.25) is 0 Å². The molecule has 0 aliphatic heterocycles. The molecule has 0 spiro atoms. The van der Waals surface area contributed by atoms with Crippen LogP contribution in [0.3, 0.4) is 0 Å². The van der Waals surface area contributed by atoms with E-state index in [1.165, 1.54) is 12.1 Å². The molecule has 1 saturated carbocycles. The van der Waals surface area contributed by atoms with Crippen molar-refractivity contribution >= 4 is 17.1 Å². The third-order valence-electron chi connectivity index (χ3n) is 3.39. The van der Waals surface area contributed by atoms with E-state index >= 15 is 0 Å². The summed E-state index contributed by atoms with van der Waals surface area (Å²) in [5.74, 6) is -0.225. The zero-order valence-corrected chi connectivity index (χ0v) is 8.74. The lowest BCUT2D eigenvalue weighted by molar-refractivity contribution is -0.109. The van der Waals surface area contributed by atoms with Gasteiger partial charge >= 0.3 is 0 Å². The van der Waals surface area contributed by atoms with Crippen LogP contribution in [0.15, 0.2) is 36.4 Å². The zero-order chi connectivity index (χ0) is 11.2. The van der Waals surface area contributed by atoms with Crippen LogP contribution in [0.2, 0.25) is 0 Å². The topological polar surface area (TPSA) is 17.1 Å². The van der Waals surface area contributed by atoms with Gasteiger partial charge in [-0.2, -0.15) is 0 Å². The minimum atomic E-state index is -0.247. The molecule has 80 valence electrons. The monoisotopic (exact) mass is 214 g/mol. The number of carbonyl (C=O) groups excluding carboxylic acids is 1. The lowest BCUT2D eigenvalue weighted by atomic mass is 9.95. The molecule has 2 heteroatoms.